The van der Waals surface area contributed by atoms with Gasteiger partial charge < -0.3 is 4.74 Å². The minimum Gasteiger partial charge on any atom is -0.491 e. The molecule has 1 aliphatic rings. The van der Waals surface area contributed by atoms with Gasteiger partial charge >= 0.3 is 0 Å². The lowest BCUT2D eigenvalue weighted by atomic mass is 10.1. The van der Waals surface area contributed by atoms with Gasteiger partial charge in [-0.25, -0.2) is 0 Å². The average molecular weight is 375 g/mol. The van der Waals surface area contributed by atoms with Crippen LogP contribution in [0, 0.1) is 0 Å². The first-order chi connectivity index (χ1) is 6.00. The third kappa shape index (κ3) is 1.80. The lowest BCUT2D eigenvalue weighted by molar-refractivity contribution is -0.117. The summed E-state index contributed by atoms with van der Waals surface area (Å²) in [5.41, 5.74) is 0. The molecule has 0 amide bonds. The maximum Gasteiger partial charge on any atom is 0.237 e. The standard InChI is InChI=1S/C7H3Br3O3/c1-13-7-4(10)5(11)2(8)3(9)6(7)12/h1H3. The van der Waals surface area contributed by atoms with Crippen molar-refractivity contribution in [3.05, 3.63) is 19.2 Å². The predicted molar refractivity (Wildman–Crippen MR) is 57.9 cm³/mol. The van der Waals surface area contributed by atoms with Crippen LogP contribution in [0.5, 0.6) is 0 Å². The van der Waals surface area contributed by atoms with Gasteiger partial charge in [0.1, 0.15) is 4.48 Å². The molecule has 0 atom stereocenters. The van der Waals surface area contributed by atoms with Crippen LogP contribution in [0.4, 0.5) is 0 Å². The molecule has 0 aliphatic heterocycles. The van der Waals surface area contributed by atoms with Gasteiger partial charge in [-0.05, 0) is 47.8 Å². The Labute approximate surface area is 99.6 Å². The van der Waals surface area contributed by atoms with Crippen LogP contribution in [0.25, 0.3) is 0 Å². The second kappa shape index (κ2) is 4.06. The Bertz CT molecular complexity index is 354. The average Bonchev–Trinajstić information content (AvgIpc) is 2.13. The Morgan fingerprint density at radius 1 is 0.923 bits per heavy atom. The Morgan fingerprint density at radius 2 is 1.38 bits per heavy atom. The fourth-order valence-electron chi connectivity index (χ4n) is 0.780. The van der Waals surface area contributed by atoms with Gasteiger partial charge in [0.25, 0.3) is 0 Å². The van der Waals surface area contributed by atoms with Crippen LogP contribution in [0.1, 0.15) is 0 Å². The van der Waals surface area contributed by atoms with Gasteiger partial charge in [-0.2, -0.15) is 0 Å². The highest BCUT2D eigenvalue weighted by Gasteiger charge is 2.32. The highest BCUT2D eigenvalue weighted by atomic mass is 79.9. The van der Waals surface area contributed by atoms with Crippen LogP contribution in [-0.4, -0.2) is 18.7 Å². The summed E-state index contributed by atoms with van der Waals surface area (Å²) in [7, 11) is 1.33. The van der Waals surface area contributed by atoms with E-state index in [0.29, 0.717) is 0 Å². The summed E-state index contributed by atoms with van der Waals surface area (Å²) >= 11 is 8.98. The lowest BCUT2D eigenvalue weighted by Crippen LogP contribution is -2.18. The van der Waals surface area contributed by atoms with Crippen LogP contribution in [0.3, 0.4) is 0 Å². The highest BCUT2D eigenvalue weighted by Crippen LogP contribution is 2.34. The molecule has 0 fully saturated rings. The maximum atomic E-state index is 11.4. The van der Waals surface area contributed by atoms with Crippen LogP contribution >= 0.6 is 47.8 Å². The van der Waals surface area contributed by atoms with Crippen molar-refractivity contribution in [2.24, 2.45) is 0 Å². The quantitative estimate of drug-likeness (QED) is 0.662. The summed E-state index contributed by atoms with van der Waals surface area (Å²) in [6.07, 6.45) is 0. The van der Waals surface area contributed by atoms with Gasteiger partial charge in [-0.15, -0.1) is 0 Å². The molecule has 1 aliphatic carbocycles. The SMILES string of the molecule is COC1=C(Br)C(=O)C(Br)=C(Br)C1=O. The zero-order chi connectivity index (χ0) is 10.2. The van der Waals surface area contributed by atoms with E-state index in [1.807, 2.05) is 0 Å². The summed E-state index contributed by atoms with van der Waals surface area (Å²) in [5, 5.41) is 0. The molecule has 0 bridgehead atoms. The Balaban J connectivity index is 3.29. The van der Waals surface area contributed by atoms with E-state index in [2.05, 4.69) is 47.8 Å². The third-order valence-corrected chi connectivity index (χ3v) is 4.17. The third-order valence-electron chi connectivity index (χ3n) is 1.40. The summed E-state index contributed by atoms with van der Waals surface area (Å²) in [4.78, 5) is 22.8. The molecule has 70 valence electrons. The molecule has 0 aromatic heterocycles. The van der Waals surface area contributed by atoms with Crippen LogP contribution in [0.2, 0.25) is 0 Å². The minimum absolute atomic E-state index is 0.0140. The predicted octanol–water partition coefficient (Wildman–Crippen LogP) is 2.39. The number of allylic oxidation sites excluding steroid dienone is 3. The molecule has 0 saturated heterocycles. The van der Waals surface area contributed by atoms with E-state index in [-0.39, 0.29) is 30.8 Å². The molecule has 3 nitrogen and oxygen atoms in total. The van der Waals surface area contributed by atoms with E-state index < -0.39 is 0 Å². The molecule has 0 heterocycles. The number of carbonyl (C=O) groups excluding carboxylic acids is 2. The van der Waals surface area contributed by atoms with E-state index in [4.69, 9.17) is 4.74 Å². The molecule has 0 aromatic rings. The molecular formula is C7H3Br3O3. The smallest absolute Gasteiger partial charge is 0.237 e. The van der Waals surface area contributed by atoms with Crippen molar-refractivity contribution >= 4 is 59.4 Å². The second-order valence-corrected chi connectivity index (χ2v) is 4.51. The molecule has 0 N–H and O–H groups in total. The van der Waals surface area contributed by atoms with E-state index in [1.165, 1.54) is 7.11 Å². The molecule has 0 unspecified atom stereocenters. The van der Waals surface area contributed by atoms with Gasteiger partial charge in [0.2, 0.25) is 11.6 Å². The number of carbonyl (C=O) groups is 2. The van der Waals surface area contributed by atoms with Crippen molar-refractivity contribution in [1.29, 1.82) is 0 Å². The molecule has 0 radical (unpaired) electrons. The van der Waals surface area contributed by atoms with Crippen LogP contribution < -0.4 is 0 Å². The zero-order valence-electron chi connectivity index (χ0n) is 6.36. The van der Waals surface area contributed by atoms with E-state index in [0.717, 1.165) is 0 Å². The van der Waals surface area contributed by atoms with Crippen molar-refractivity contribution in [3.8, 4) is 0 Å². The fourth-order valence-corrected chi connectivity index (χ4v) is 2.33. The number of ether oxygens (including phenoxy) is 1. The maximum absolute atomic E-state index is 11.4. The van der Waals surface area contributed by atoms with E-state index in [9.17, 15) is 9.59 Å². The normalized spacial score (nSPS) is 18.5. The summed E-state index contributed by atoms with van der Waals surface area (Å²) < 4.78 is 5.29. The molecular weight excluding hydrogens is 372 g/mol. The van der Waals surface area contributed by atoms with Gasteiger partial charge in [0.15, 0.2) is 5.76 Å². The van der Waals surface area contributed by atoms with E-state index in [1.54, 1.807) is 0 Å². The van der Waals surface area contributed by atoms with Crippen LogP contribution in [0.15, 0.2) is 19.2 Å². The monoisotopic (exact) mass is 372 g/mol. The Morgan fingerprint density at radius 3 is 1.85 bits per heavy atom. The van der Waals surface area contributed by atoms with Gasteiger partial charge in [0.05, 0.1) is 16.1 Å². The van der Waals surface area contributed by atoms with Gasteiger partial charge in [-0.3, -0.25) is 9.59 Å². The summed E-state index contributed by atoms with van der Waals surface area (Å²) in [6, 6.07) is 0. The molecule has 1 rings (SSSR count). The first kappa shape index (κ1) is 11.1. The fraction of sp³-hybridized carbons (Fsp3) is 0.143. The summed E-state index contributed by atoms with van der Waals surface area (Å²) in [5.74, 6) is -0.663. The Kier molecular flexibility index (Phi) is 3.48. The largest absolute Gasteiger partial charge is 0.491 e. The van der Waals surface area contributed by atoms with E-state index >= 15 is 0 Å². The number of halogens is 3. The topological polar surface area (TPSA) is 43.4 Å². The zero-order valence-corrected chi connectivity index (χ0v) is 11.1. The summed E-state index contributed by atoms with van der Waals surface area (Å²) in [6.45, 7) is 0. The molecule has 0 spiro atoms. The highest BCUT2D eigenvalue weighted by molar-refractivity contribution is 9.15. The first-order valence-electron chi connectivity index (χ1n) is 3.09. The molecule has 0 aromatic carbocycles. The molecule has 13 heavy (non-hydrogen) atoms. The Hall–Kier alpha value is 0.0600. The number of ketones is 2. The first-order valence-corrected chi connectivity index (χ1v) is 5.47. The van der Waals surface area contributed by atoms with Crippen LogP contribution in [-0.2, 0) is 14.3 Å². The number of hydrogen-bond donors (Lipinski definition) is 0. The van der Waals surface area contributed by atoms with Crippen molar-refractivity contribution < 1.29 is 14.3 Å². The minimum atomic E-state index is -0.360. The molecule has 0 saturated carbocycles. The lowest BCUT2D eigenvalue weighted by Gasteiger charge is -2.13. The van der Waals surface area contributed by atoms with Crippen molar-refractivity contribution in [3.63, 3.8) is 0 Å². The van der Waals surface area contributed by atoms with Crippen molar-refractivity contribution in [2.45, 2.75) is 0 Å². The number of hydrogen-bond acceptors (Lipinski definition) is 3. The number of Topliss-reactive ketones (excluding diaryl/α,β-unsaturated/α-hetero) is 2. The van der Waals surface area contributed by atoms with Gasteiger partial charge in [-0.1, -0.05) is 0 Å². The number of methoxy groups -OCH3 is 1. The van der Waals surface area contributed by atoms with Crippen molar-refractivity contribution in [1.82, 2.24) is 0 Å². The second-order valence-electron chi connectivity index (χ2n) is 2.13. The number of rotatable bonds is 1. The molecule has 6 heteroatoms. The van der Waals surface area contributed by atoms with Gasteiger partial charge in [0, 0.05) is 0 Å². The van der Waals surface area contributed by atoms with Crippen molar-refractivity contribution in [2.75, 3.05) is 7.11 Å².